The summed E-state index contributed by atoms with van der Waals surface area (Å²) in [6, 6.07) is 0. The van der Waals surface area contributed by atoms with Crippen molar-refractivity contribution in [2.45, 2.75) is 52.4 Å². The smallest absolute Gasteiger partial charge is 0.225 e. The molecule has 3 atom stereocenters. The third-order valence-electron chi connectivity index (χ3n) is 5.39. The molecule has 0 aromatic rings. The lowest BCUT2D eigenvalue weighted by Crippen LogP contribution is -2.47. The maximum Gasteiger partial charge on any atom is 0.225 e. The minimum absolute atomic E-state index is 0.0266. The lowest BCUT2D eigenvalue weighted by molar-refractivity contribution is -0.138. The molecule has 0 spiro atoms. The average Bonchev–Trinajstić information content (AvgIpc) is 2.61. The Bertz CT molecular complexity index is 394. The molecule has 5 nitrogen and oxygen atoms in total. The summed E-state index contributed by atoms with van der Waals surface area (Å²) in [4.78, 5) is 26.6. The van der Waals surface area contributed by atoms with Crippen molar-refractivity contribution in [3.05, 3.63) is 0 Å². The van der Waals surface area contributed by atoms with E-state index in [1.165, 1.54) is 12.8 Å². The first-order valence-corrected chi connectivity index (χ1v) is 9.39. The summed E-state index contributed by atoms with van der Waals surface area (Å²) in [5, 5.41) is 6.51. The number of nitrogens with one attached hydrogen (secondary N) is 2. The average molecular weight is 323 g/mol. The molecule has 2 amide bonds. The molecule has 2 saturated heterocycles. The van der Waals surface area contributed by atoms with Crippen LogP contribution in [0.2, 0.25) is 0 Å². The molecule has 23 heavy (non-hydrogen) atoms. The first-order chi connectivity index (χ1) is 11.1. The van der Waals surface area contributed by atoms with Crippen LogP contribution in [0, 0.1) is 17.8 Å². The Kier molecular flexibility index (Phi) is 7.34. The molecule has 132 valence electrons. The van der Waals surface area contributed by atoms with E-state index >= 15 is 0 Å². The zero-order chi connectivity index (χ0) is 16.7. The second-order valence-electron chi connectivity index (χ2n) is 7.22. The van der Waals surface area contributed by atoms with Gasteiger partial charge < -0.3 is 15.5 Å². The number of nitrogens with zero attached hydrogens (tertiary/aromatic N) is 1. The highest BCUT2D eigenvalue weighted by molar-refractivity contribution is 5.82. The van der Waals surface area contributed by atoms with Gasteiger partial charge in [0.2, 0.25) is 11.8 Å². The fourth-order valence-electron chi connectivity index (χ4n) is 3.59. The normalized spacial score (nSPS) is 26.6. The first kappa shape index (κ1) is 18.2. The number of carbonyl (C=O) groups excluding carboxylic acids is 2. The fraction of sp³-hybridized carbons (Fsp3) is 0.889. The third-order valence-corrected chi connectivity index (χ3v) is 5.39. The second-order valence-corrected chi connectivity index (χ2v) is 7.22. The maximum absolute atomic E-state index is 12.4. The van der Waals surface area contributed by atoms with Crippen LogP contribution in [-0.4, -0.2) is 49.4 Å². The van der Waals surface area contributed by atoms with Crippen molar-refractivity contribution in [3.8, 4) is 0 Å². The van der Waals surface area contributed by atoms with Crippen LogP contribution in [-0.2, 0) is 9.59 Å². The van der Waals surface area contributed by atoms with Crippen molar-refractivity contribution in [2.24, 2.45) is 17.8 Å². The van der Waals surface area contributed by atoms with Crippen molar-refractivity contribution in [3.63, 3.8) is 0 Å². The van der Waals surface area contributed by atoms with Crippen LogP contribution in [0.4, 0.5) is 0 Å². The van der Waals surface area contributed by atoms with Gasteiger partial charge in [0, 0.05) is 25.6 Å². The number of carbonyl (C=O) groups is 2. The zero-order valence-electron chi connectivity index (χ0n) is 14.8. The standard InChI is InChI=1S/C18H33N3O2/c1-3-14(2)18(23)21-11-5-7-16(13-21)17(22)20-10-8-15-6-4-9-19-12-15/h14-16,19H,3-13H2,1-2H3,(H,20,22). The third kappa shape index (κ3) is 5.48. The Hall–Kier alpha value is -1.10. The van der Waals surface area contributed by atoms with Crippen LogP contribution < -0.4 is 10.6 Å². The van der Waals surface area contributed by atoms with Crippen molar-refractivity contribution in [1.29, 1.82) is 0 Å². The Balaban J connectivity index is 1.72. The van der Waals surface area contributed by atoms with Gasteiger partial charge in [-0.25, -0.2) is 0 Å². The van der Waals surface area contributed by atoms with Gasteiger partial charge in [0.25, 0.3) is 0 Å². The Morgan fingerprint density at radius 3 is 2.83 bits per heavy atom. The summed E-state index contributed by atoms with van der Waals surface area (Å²) in [7, 11) is 0. The molecule has 2 heterocycles. The summed E-state index contributed by atoms with van der Waals surface area (Å²) in [5.41, 5.74) is 0. The maximum atomic E-state index is 12.4. The quantitative estimate of drug-likeness (QED) is 0.783. The van der Waals surface area contributed by atoms with Gasteiger partial charge in [0.1, 0.15) is 0 Å². The molecular formula is C18H33N3O2. The van der Waals surface area contributed by atoms with E-state index in [0.717, 1.165) is 51.9 Å². The summed E-state index contributed by atoms with van der Waals surface area (Å²) >= 11 is 0. The summed E-state index contributed by atoms with van der Waals surface area (Å²) in [5.74, 6) is 1.07. The highest BCUT2D eigenvalue weighted by Gasteiger charge is 2.29. The predicted molar refractivity (Wildman–Crippen MR) is 92.0 cm³/mol. The van der Waals surface area contributed by atoms with Gasteiger partial charge >= 0.3 is 0 Å². The minimum Gasteiger partial charge on any atom is -0.356 e. The molecule has 0 radical (unpaired) electrons. The van der Waals surface area contributed by atoms with Crippen molar-refractivity contribution in [2.75, 3.05) is 32.7 Å². The molecule has 0 aromatic heterocycles. The van der Waals surface area contributed by atoms with E-state index in [0.29, 0.717) is 12.5 Å². The SMILES string of the molecule is CCC(C)C(=O)N1CCCC(C(=O)NCCC2CCCNC2)C1. The fourth-order valence-corrected chi connectivity index (χ4v) is 3.59. The Labute approximate surface area is 140 Å². The molecule has 2 N–H and O–H groups in total. The summed E-state index contributed by atoms with van der Waals surface area (Å²) in [6.07, 6.45) is 6.27. The molecule has 3 unspecified atom stereocenters. The molecule has 0 aliphatic carbocycles. The van der Waals surface area contributed by atoms with Crippen LogP contribution in [0.3, 0.4) is 0 Å². The van der Waals surface area contributed by atoms with E-state index < -0.39 is 0 Å². The van der Waals surface area contributed by atoms with Gasteiger partial charge in [-0.05, 0) is 57.5 Å². The molecule has 2 rings (SSSR count). The molecular weight excluding hydrogens is 290 g/mol. The van der Waals surface area contributed by atoms with Gasteiger partial charge in [-0.3, -0.25) is 9.59 Å². The predicted octanol–water partition coefficient (Wildman–Crippen LogP) is 1.78. The van der Waals surface area contributed by atoms with Crippen molar-refractivity contribution >= 4 is 11.8 Å². The van der Waals surface area contributed by atoms with Crippen LogP contribution in [0.25, 0.3) is 0 Å². The molecule has 2 fully saturated rings. The van der Waals surface area contributed by atoms with Gasteiger partial charge in [-0.1, -0.05) is 13.8 Å². The molecule has 5 heteroatoms. The van der Waals surface area contributed by atoms with Crippen LogP contribution in [0.15, 0.2) is 0 Å². The van der Waals surface area contributed by atoms with Gasteiger partial charge in [0.05, 0.1) is 5.92 Å². The van der Waals surface area contributed by atoms with E-state index in [9.17, 15) is 9.59 Å². The van der Waals surface area contributed by atoms with E-state index in [4.69, 9.17) is 0 Å². The topological polar surface area (TPSA) is 61.4 Å². The van der Waals surface area contributed by atoms with Crippen molar-refractivity contribution < 1.29 is 9.59 Å². The van der Waals surface area contributed by atoms with Gasteiger partial charge in [0.15, 0.2) is 0 Å². The number of piperidine rings is 2. The van der Waals surface area contributed by atoms with Gasteiger partial charge in [-0.15, -0.1) is 0 Å². The lowest BCUT2D eigenvalue weighted by atomic mass is 9.94. The summed E-state index contributed by atoms with van der Waals surface area (Å²) < 4.78 is 0. The molecule has 2 aliphatic heterocycles. The molecule has 2 aliphatic rings. The first-order valence-electron chi connectivity index (χ1n) is 9.39. The highest BCUT2D eigenvalue weighted by Crippen LogP contribution is 2.20. The van der Waals surface area contributed by atoms with E-state index in [1.807, 2.05) is 18.7 Å². The van der Waals surface area contributed by atoms with Crippen LogP contribution in [0.5, 0.6) is 0 Å². The number of rotatable bonds is 6. The van der Waals surface area contributed by atoms with Crippen molar-refractivity contribution in [1.82, 2.24) is 15.5 Å². The van der Waals surface area contributed by atoms with Crippen LogP contribution in [0.1, 0.15) is 52.4 Å². The second kappa shape index (κ2) is 9.26. The Morgan fingerprint density at radius 1 is 1.30 bits per heavy atom. The zero-order valence-corrected chi connectivity index (χ0v) is 14.8. The number of likely N-dealkylation sites (tertiary alicyclic amines) is 1. The minimum atomic E-state index is -0.0266. The number of hydrogen-bond donors (Lipinski definition) is 2. The van der Waals surface area contributed by atoms with Gasteiger partial charge in [-0.2, -0.15) is 0 Å². The lowest BCUT2D eigenvalue weighted by Gasteiger charge is -2.33. The van der Waals surface area contributed by atoms with E-state index in [1.54, 1.807) is 0 Å². The Morgan fingerprint density at radius 2 is 2.13 bits per heavy atom. The molecule has 0 bridgehead atoms. The van der Waals surface area contributed by atoms with E-state index in [-0.39, 0.29) is 23.7 Å². The molecule has 0 saturated carbocycles. The van der Waals surface area contributed by atoms with Crippen LogP contribution >= 0.6 is 0 Å². The highest BCUT2D eigenvalue weighted by atomic mass is 16.2. The number of amides is 2. The number of hydrogen-bond acceptors (Lipinski definition) is 3. The molecule has 0 aromatic carbocycles. The largest absolute Gasteiger partial charge is 0.356 e. The van der Waals surface area contributed by atoms with E-state index in [2.05, 4.69) is 10.6 Å². The summed E-state index contributed by atoms with van der Waals surface area (Å²) in [6.45, 7) is 8.39. The monoisotopic (exact) mass is 323 g/mol.